The molecular formula is C18H21BN2O2. The Balaban J connectivity index is 1.73. The first kappa shape index (κ1) is 13.6. The number of hydrogen-bond donors (Lipinski definition) is 1. The molecule has 1 aromatic carbocycles. The highest BCUT2D eigenvalue weighted by atomic mass is 16.7. The van der Waals surface area contributed by atoms with E-state index in [9.17, 15) is 0 Å². The second-order valence-electron chi connectivity index (χ2n) is 6.98. The first-order valence-electron chi connectivity index (χ1n) is 8.65. The van der Waals surface area contributed by atoms with Crippen LogP contribution >= 0.6 is 0 Å². The zero-order valence-electron chi connectivity index (χ0n) is 13.2. The fourth-order valence-electron chi connectivity index (χ4n) is 4.58. The highest BCUT2D eigenvalue weighted by molar-refractivity contribution is 6.74. The number of nitrogens with zero attached hydrogens (tertiary/aromatic N) is 1. The molecule has 3 heterocycles. The predicted octanol–water partition coefficient (Wildman–Crippen LogP) is 2.03. The average molecular weight is 308 g/mol. The molecule has 0 radical (unpaired) electrons. The molecule has 5 rings (SSSR count). The van der Waals surface area contributed by atoms with Gasteiger partial charge in [0.05, 0.1) is 0 Å². The fourth-order valence-corrected chi connectivity index (χ4v) is 4.58. The van der Waals surface area contributed by atoms with Crippen molar-refractivity contribution in [2.45, 2.75) is 31.4 Å². The lowest BCUT2D eigenvalue weighted by Crippen LogP contribution is -2.85. The van der Waals surface area contributed by atoms with Gasteiger partial charge in [-0.2, -0.15) is 0 Å². The highest BCUT2D eigenvalue weighted by Crippen LogP contribution is 2.44. The number of fused-ring (bicyclic) bond motifs is 3. The van der Waals surface area contributed by atoms with Gasteiger partial charge in [-0.05, 0) is 18.9 Å². The summed E-state index contributed by atoms with van der Waals surface area (Å²) in [6, 6.07) is 16.6. The minimum atomic E-state index is -1.69. The summed E-state index contributed by atoms with van der Waals surface area (Å²) in [5.41, 5.74) is 0.822. The molecule has 1 spiro atoms. The first-order chi connectivity index (χ1) is 11.3. The molecule has 0 amide bonds. The van der Waals surface area contributed by atoms with E-state index in [0.29, 0.717) is 5.92 Å². The third-order valence-corrected chi connectivity index (χ3v) is 5.72. The molecule has 1 aromatic heterocycles. The Hall–Kier alpha value is -1.85. The lowest BCUT2D eigenvalue weighted by atomic mass is 9.59. The lowest BCUT2D eigenvalue weighted by Gasteiger charge is -2.59. The Morgan fingerprint density at radius 1 is 1.09 bits per heavy atom. The van der Waals surface area contributed by atoms with Gasteiger partial charge in [0.2, 0.25) is 5.82 Å². The van der Waals surface area contributed by atoms with Crippen molar-refractivity contribution in [3.05, 3.63) is 54.7 Å². The van der Waals surface area contributed by atoms with E-state index in [1.165, 1.54) is 19.3 Å². The van der Waals surface area contributed by atoms with Crippen molar-refractivity contribution in [2.24, 2.45) is 5.92 Å². The van der Waals surface area contributed by atoms with Gasteiger partial charge in [0, 0.05) is 31.2 Å². The van der Waals surface area contributed by atoms with Crippen LogP contribution in [0.3, 0.4) is 0 Å². The minimum Gasteiger partial charge on any atom is -0.524 e. The summed E-state index contributed by atoms with van der Waals surface area (Å²) in [4.78, 5) is 0. The Labute approximate surface area is 136 Å². The van der Waals surface area contributed by atoms with Crippen molar-refractivity contribution < 1.29 is 13.8 Å². The number of hydrogen-bond acceptors (Lipinski definition) is 3. The Morgan fingerprint density at radius 2 is 1.96 bits per heavy atom. The molecule has 1 aliphatic carbocycles. The van der Waals surface area contributed by atoms with Crippen molar-refractivity contribution in [3.8, 4) is 0 Å². The van der Waals surface area contributed by atoms with E-state index in [1.807, 2.05) is 12.1 Å². The van der Waals surface area contributed by atoms with Crippen LogP contribution in [0.1, 0.15) is 25.7 Å². The summed E-state index contributed by atoms with van der Waals surface area (Å²) in [7, 11) is 0. The van der Waals surface area contributed by atoms with Crippen LogP contribution in [0.4, 0.5) is 5.82 Å². The molecule has 1 saturated heterocycles. The maximum absolute atomic E-state index is 6.81. The maximum Gasteiger partial charge on any atom is 0.484 e. The zero-order chi connectivity index (χ0) is 15.3. The molecule has 3 aliphatic rings. The summed E-state index contributed by atoms with van der Waals surface area (Å²) in [6.45, 7) is -0.934. The first-order valence-corrected chi connectivity index (χ1v) is 8.65. The van der Waals surface area contributed by atoms with Crippen molar-refractivity contribution in [1.29, 1.82) is 0 Å². The van der Waals surface area contributed by atoms with E-state index < -0.39 is 6.69 Å². The summed E-state index contributed by atoms with van der Waals surface area (Å²) in [6.07, 6.45) is 6.75. The number of benzene rings is 1. The maximum atomic E-state index is 6.81. The van der Waals surface area contributed by atoms with Crippen LogP contribution < -0.4 is 15.3 Å². The monoisotopic (exact) mass is 308 g/mol. The minimum absolute atomic E-state index is 0.284. The summed E-state index contributed by atoms with van der Waals surface area (Å²) in [5.74, 6) is 1.51. The van der Waals surface area contributed by atoms with Gasteiger partial charge in [0.15, 0.2) is 5.72 Å². The third-order valence-electron chi connectivity index (χ3n) is 5.72. The molecule has 1 N–H and O–H groups in total. The smallest absolute Gasteiger partial charge is 0.484 e. The van der Waals surface area contributed by atoms with Gasteiger partial charge < -0.3 is 13.8 Å². The fraction of sp³-hybridized carbons (Fsp3) is 0.389. The second-order valence-corrected chi connectivity index (χ2v) is 6.98. The molecular weight excluding hydrogens is 287 g/mol. The van der Waals surface area contributed by atoms with Crippen molar-refractivity contribution >= 4 is 18.0 Å². The van der Waals surface area contributed by atoms with E-state index in [2.05, 4.69) is 52.4 Å². The van der Waals surface area contributed by atoms with Gasteiger partial charge in [-0.3, -0.25) is 5.32 Å². The van der Waals surface area contributed by atoms with Gasteiger partial charge >= 0.3 is 6.69 Å². The average Bonchev–Trinajstić information content (AvgIpc) is 2.62. The molecule has 1 saturated carbocycles. The largest absolute Gasteiger partial charge is 0.524 e. The van der Waals surface area contributed by atoms with Crippen molar-refractivity contribution in [3.63, 3.8) is 0 Å². The van der Waals surface area contributed by atoms with Gasteiger partial charge in [-0.25, -0.2) is 0 Å². The molecule has 118 valence electrons. The molecule has 3 unspecified atom stereocenters. The van der Waals surface area contributed by atoms with Crippen LogP contribution in [0.5, 0.6) is 0 Å². The summed E-state index contributed by atoms with van der Waals surface area (Å²) < 4.78 is 15.4. The van der Waals surface area contributed by atoms with Crippen LogP contribution in [-0.4, -0.2) is 19.0 Å². The van der Waals surface area contributed by atoms with Gasteiger partial charge in [-0.1, -0.05) is 42.8 Å². The van der Waals surface area contributed by atoms with Crippen LogP contribution in [0.2, 0.25) is 0 Å². The topological polar surface area (TPSA) is 34.4 Å². The number of pyridine rings is 1. The van der Waals surface area contributed by atoms with Crippen LogP contribution in [-0.2, 0) is 9.31 Å². The molecule has 3 atom stereocenters. The van der Waals surface area contributed by atoms with Crippen LogP contribution in [0.25, 0.3) is 0 Å². The van der Waals surface area contributed by atoms with E-state index in [4.69, 9.17) is 9.31 Å². The van der Waals surface area contributed by atoms with E-state index in [1.54, 1.807) is 0 Å². The lowest BCUT2D eigenvalue weighted by molar-refractivity contribution is -0.576. The highest BCUT2D eigenvalue weighted by Gasteiger charge is 2.59. The van der Waals surface area contributed by atoms with E-state index in [-0.39, 0.29) is 5.72 Å². The number of rotatable bonds is 1. The normalized spacial score (nSPS) is 34.9. The van der Waals surface area contributed by atoms with Crippen molar-refractivity contribution in [2.75, 3.05) is 11.9 Å². The molecule has 5 heteroatoms. The second kappa shape index (κ2) is 4.82. The van der Waals surface area contributed by atoms with E-state index in [0.717, 1.165) is 24.3 Å². The van der Waals surface area contributed by atoms with E-state index >= 15 is 0 Å². The van der Waals surface area contributed by atoms with Gasteiger partial charge in [0.1, 0.15) is 0 Å². The zero-order valence-corrected chi connectivity index (χ0v) is 13.2. The Kier molecular flexibility index (Phi) is 2.85. The third kappa shape index (κ3) is 1.84. The van der Waals surface area contributed by atoms with Gasteiger partial charge in [0.25, 0.3) is 0 Å². The predicted molar refractivity (Wildman–Crippen MR) is 89.2 cm³/mol. The van der Waals surface area contributed by atoms with Crippen LogP contribution in [0.15, 0.2) is 54.7 Å². The number of aromatic nitrogens is 1. The molecule has 2 aromatic rings. The number of anilines is 1. The Morgan fingerprint density at radius 3 is 2.87 bits per heavy atom. The molecule has 4 nitrogen and oxygen atoms in total. The quantitative estimate of drug-likeness (QED) is 0.819. The molecule has 23 heavy (non-hydrogen) atoms. The van der Waals surface area contributed by atoms with Crippen LogP contribution in [0, 0.1) is 5.92 Å². The molecule has 2 aliphatic heterocycles. The van der Waals surface area contributed by atoms with Gasteiger partial charge in [-0.15, -0.1) is 5.46 Å². The standard InChI is InChI=1S/C18H21BN2O2/c1-2-9-16(10-3-1)19-21-13-7-5-11-17(21)20-18(23-19)12-6-4-8-15(18)14-22-19/h1-3,5,7,9-11,13,15,20H,4,6,8,12,14H2. The van der Waals surface area contributed by atoms with Crippen molar-refractivity contribution in [1.82, 2.24) is 0 Å². The molecule has 2 bridgehead atoms. The number of nitrogens with one attached hydrogen (secondary N) is 1. The SMILES string of the molecule is c1ccc([B-]23OCC4CCCCC4(Nc4cccc[n+]42)O3)cc1. The summed E-state index contributed by atoms with van der Waals surface area (Å²) >= 11 is 0. The molecule has 2 fully saturated rings. The summed E-state index contributed by atoms with van der Waals surface area (Å²) in [5, 5.41) is 3.71. The Bertz CT molecular complexity index is 741.